The van der Waals surface area contributed by atoms with Gasteiger partial charge in [0.2, 0.25) is 11.9 Å². The second-order valence-corrected chi connectivity index (χ2v) is 5.76. The van der Waals surface area contributed by atoms with Crippen LogP contribution in [0.25, 0.3) is 0 Å². The van der Waals surface area contributed by atoms with E-state index in [1.54, 1.807) is 35.6 Å². The predicted octanol–water partition coefficient (Wildman–Crippen LogP) is -0.294. The van der Waals surface area contributed by atoms with E-state index in [2.05, 4.69) is 15.0 Å². The Balaban J connectivity index is 1.67. The Kier molecular flexibility index (Phi) is 4.85. The van der Waals surface area contributed by atoms with Crippen LogP contribution in [0.15, 0.2) is 36.8 Å². The van der Waals surface area contributed by atoms with Gasteiger partial charge in [-0.25, -0.2) is 4.98 Å². The smallest absolute Gasteiger partial charge is 0.227 e. The largest absolute Gasteiger partial charge is 0.389 e. The van der Waals surface area contributed by atoms with E-state index in [1.165, 1.54) is 0 Å². The lowest BCUT2D eigenvalue weighted by Crippen LogP contribution is -2.38. The lowest BCUT2D eigenvalue weighted by atomic mass is 10.2. The molecule has 0 saturated carbocycles. The molecule has 0 radical (unpaired) electrons. The summed E-state index contributed by atoms with van der Waals surface area (Å²) < 4.78 is 0. The van der Waals surface area contributed by atoms with Crippen molar-refractivity contribution in [3.05, 3.63) is 42.4 Å². The number of pyridine rings is 1. The molecule has 3 rings (SSSR count). The average molecular weight is 328 g/mol. The normalized spacial score (nSPS) is 18.3. The van der Waals surface area contributed by atoms with E-state index < -0.39 is 6.10 Å². The lowest BCUT2D eigenvalue weighted by molar-refractivity contribution is -0.131. The summed E-state index contributed by atoms with van der Waals surface area (Å²) in [4.78, 5) is 28.4. The van der Waals surface area contributed by atoms with E-state index in [9.17, 15) is 9.90 Å². The third kappa shape index (κ3) is 3.96. The number of nitrogens with two attached hydrogens (primary N) is 1. The Morgan fingerprint density at radius 2 is 2.17 bits per heavy atom. The van der Waals surface area contributed by atoms with Crippen LogP contribution in [0.3, 0.4) is 0 Å². The molecule has 0 aromatic carbocycles. The molecule has 0 aliphatic carbocycles. The number of carbonyl (C=O) groups is 1. The van der Waals surface area contributed by atoms with Gasteiger partial charge in [-0.1, -0.05) is 6.07 Å². The minimum absolute atomic E-state index is 0.0302. The minimum Gasteiger partial charge on any atom is -0.389 e. The third-order valence-electron chi connectivity index (χ3n) is 3.88. The number of rotatable bonds is 3. The van der Waals surface area contributed by atoms with Gasteiger partial charge in [0.15, 0.2) is 0 Å². The Morgan fingerprint density at radius 1 is 1.29 bits per heavy atom. The number of hydrogen-bond donors (Lipinski definition) is 2. The van der Waals surface area contributed by atoms with Crippen molar-refractivity contribution in [1.29, 1.82) is 0 Å². The Bertz CT molecular complexity index is 696. The fourth-order valence-corrected chi connectivity index (χ4v) is 2.70. The zero-order chi connectivity index (χ0) is 16.9. The first-order valence-electron chi connectivity index (χ1n) is 7.80. The van der Waals surface area contributed by atoms with Crippen LogP contribution in [0.1, 0.15) is 5.56 Å². The van der Waals surface area contributed by atoms with E-state index >= 15 is 0 Å². The van der Waals surface area contributed by atoms with Crippen LogP contribution in [0.5, 0.6) is 0 Å². The van der Waals surface area contributed by atoms with Crippen LogP contribution in [-0.2, 0) is 11.2 Å². The van der Waals surface area contributed by atoms with Crippen molar-refractivity contribution in [3.8, 4) is 0 Å². The molecule has 1 aliphatic rings. The van der Waals surface area contributed by atoms with Gasteiger partial charge in [0.05, 0.1) is 12.5 Å². The number of aliphatic hydroxyl groups is 1. The molecule has 3 N–H and O–H groups in total. The van der Waals surface area contributed by atoms with Gasteiger partial charge in [-0.3, -0.25) is 9.78 Å². The van der Waals surface area contributed by atoms with Crippen molar-refractivity contribution in [3.63, 3.8) is 0 Å². The molecular weight excluding hydrogens is 308 g/mol. The topological polar surface area (TPSA) is 108 Å². The molecule has 1 fully saturated rings. The SMILES string of the molecule is Nc1ccnc(N2CCN(C(=O)Cc3cccnc3)C[C@H](O)C2)n1. The number of aliphatic hydroxyl groups excluding tert-OH is 1. The molecular formula is C16H20N6O2. The maximum absolute atomic E-state index is 12.5. The number of carbonyl (C=O) groups excluding carboxylic acids is 1. The highest BCUT2D eigenvalue weighted by Crippen LogP contribution is 2.13. The summed E-state index contributed by atoms with van der Waals surface area (Å²) in [5, 5.41) is 10.2. The van der Waals surface area contributed by atoms with Gasteiger partial charge in [-0.15, -0.1) is 0 Å². The van der Waals surface area contributed by atoms with Crippen molar-refractivity contribution in [2.45, 2.75) is 12.5 Å². The molecule has 126 valence electrons. The highest BCUT2D eigenvalue weighted by atomic mass is 16.3. The van der Waals surface area contributed by atoms with Crippen LogP contribution in [0.4, 0.5) is 11.8 Å². The molecule has 8 heteroatoms. The highest BCUT2D eigenvalue weighted by Gasteiger charge is 2.25. The zero-order valence-corrected chi connectivity index (χ0v) is 13.2. The number of anilines is 2. The number of β-amino-alcohol motifs (C(OH)–C–C–N with tert-alkyl or cyclic N) is 1. The summed E-state index contributed by atoms with van der Waals surface area (Å²) in [6.45, 7) is 1.69. The van der Waals surface area contributed by atoms with Gasteiger partial charge in [0.25, 0.3) is 0 Å². The maximum atomic E-state index is 12.5. The fourth-order valence-electron chi connectivity index (χ4n) is 2.70. The number of nitrogen functional groups attached to an aromatic ring is 1. The van der Waals surface area contributed by atoms with Gasteiger partial charge >= 0.3 is 0 Å². The third-order valence-corrected chi connectivity index (χ3v) is 3.88. The van der Waals surface area contributed by atoms with Crippen LogP contribution < -0.4 is 10.6 Å². The highest BCUT2D eigenvalue weighted by molar-refractivity contribution is 5.78. The summed E-state index contributed by atoms with van der Waals surface area (Å²) in [5.41, 5.74) is 6.55. The number of nitrogens with zero attached hydrogens (tertiary/aromatic N) is 5. The van der Waals surface area contributed by atoms with E-state index in [0.29, 0.717) is 31.4 Å². The molecule has 1 aliphatic heterocycles. The van der Waals surface area contributed by atoms with Crippen LogP contribution >= 0.6 is 0 Å². The van der Waals surface area contributed by atoms with Gasteiger partial charge in [-0.2, -0.15) is 4.98 Å². The van der Waals surface area contributed by atoms with Crippen molar-refractivity contribution in [2.24, 2.45) is 0 Å². The summed E-state index contributed by atoms with van der Waals surface area (Å²) in [7, 11) is 0. The van der Waals surface area contributed by atoms with Crippen LogP contribution in [-0.4, -0.2) is 63.1 Å². The molecule has 24 heavy (non-hydrogen) atoms. The molecule has 1 amide bonds. The zero-order valence-electron chi connectivity index (χ0n) is 13.2. The number of hydrogen-bond acceptors (Lipinski definition) is 7. The van der Waals surface area contributed by atoms with E-state index in [4.69, 9.17) is 5.73 Å². The molecule has 1 saturated heterocycles. The average Bonchev–Trinajstić information content (AvgIpc) is 2.77. The quantitative estimate of drug-likeness (QED) is 0.796. The van der Waals surface area contributed by atoms with E-state index in [1.807, 2.05) is 11.0 Å². The Labute approximate surface area is 140 Å². The van der Waals surface area contributed by atoms with Crippen LogP contribution in [0.2, 0.25) is 0 Å². The number of amides is 1. The second kappa shape index (κ2) is 7.22. The second-order valence-electron chi connectivity index (χ2n) is 5.76. The predicted molar refractivity (Wildman–Crippen MR) is 89.2 cm³/mol. The van der Waals surface area contributed by atoms with Crippen molar-refractivity contribution < 1.29 is 9.90 Å². The number of aromatic nitrogens is 3. The van der Waals surface area contributed by atoms with Gasteiger partial charge in [0, 0.05) is 44.8 Å². The molecule has 0 bridgehead atoms. The molecule has 3 heterocycles. The summed E-state index contributed by atoms with van der Waals surface area (Å²) in [5.74, 6) is 0.816. The molecule has 2 aromatic heterocycles. The maximum Gasteiger partial charge on any atom is 0.227 e. The van der Waals surface area contributed by atoms with Gasteiger partial charge in [0.1, 0.15) is 5.82 Å². The summed E-state index contributed by atoms with van der Waals surface area (Å²) in [6.07, 6.45) is 4.54. The van der Waals surface area contributed by atoms with Gasteiger partial charge < -0.3 is 20.6 Å². The van der Waals surface area contributed by atoms with E-state index in [0.717, 1.165) is 5.56 Å². The monoisotopic (exact) mass is 328 g/mol. The van der Waals surface area contributed by atoms with Crippen LogP contribution in [0, 0.1) is 0 Å². The lowest BCUT2D eigenvalue weighted by Gasteiger charge is -2.22. The standard InChI is InChI=1S/C16H20N6O2/c17-14-3-5-19-16(20-14)22-7-6-21(10-13(23)11-22)15(24)8-12-2-1-4-18-9-12/h1-5,9,13,23H,6-8,10-11H2,(H2,17,19,20)/t13-/m0/s1. The minimum atomic E-state index is -0.671. The molecule has 8 nitrogen and oxygen atoms in total. The molecule has 1 atom stereocenters. The molecule has 0 spiro atoms. The molecule has 2 aromatic rings. The molecule has 0 unspecified atom stereocenters. The first-order valence-corrected chi connectivity index (χ1v) is 7.80. The Morgan fingerprint density at radius 3 is 2.92 bits per heavy atom. The van der Waals surface area contributed by atoms with Crippen molar-refractivity contribution in [1.82, 2.24) is 19.9 Å². The Hall–Kier alpha value is -2.74. The van der Waals surface area contributed by atoms with Crippen molar-refractivity contribution >= 4 is 17.7 Å². The fraction of sp³-hybridized carbons (Fsp3) is 0.375. The summed E-state index contributed by atoms with van der Waals surface area (Å²) >= 11 is 0. The van der Waals surface area contributed by atoms with Gasteiger partial charge in [-0.05, 0) is 17.7 Å². The first kappa shape index (κ1) is 16.1. The van der Waals surface area contributed by atoms with Crippen molar-refractivity contribution in [2.75, 3.05) is 36.8 Å². The van der Waals surface area contributed by atoms with E-state index in [-0.39, 0.29) is 18.9 Å². The first-order chi connectivity index (χ1) is 11.6. The summed E-state index contributed by atoms with van der Waals surface area (Å²) in [6, 6.07) is 5.28.